The molecule has 0 unspecified atom stereocenters. The van der Waals surface area contributed by atoms with Gasteiger partial charge in [0.25, 0.3) is 0 Å². The summed E-state index contributed by atoms with van der Waals surface area (Å²) in [5.74, 6) is -0.0318. The maximum Gasteiger partial charge on any atom is 0.238 e. The van der Waals surface area contributed by atoms with Gasteiger partial charge in [-0.2, -0.15) is 0 Å². The van der Waals surface area contributed by atoms with Crippen LogP contribution in [0.15, 0.2) is 66.0 Å². The van der Waals surface area contributed by atoms with Crippen molar-refractivity contribution in [3.05, 3.63) is 82.0 Å². The molecule has 4 nitrogen and oxygen atoms in total. The average Bonchev–Trinajstić information content (AvgIpc) is 3.50. The summed E-state index contributed by atoms with van der Waals surface area (Å²) in [6.07, 6.45) is 3.55. The van der Waals surface area contributed by atoms with Crippen LogP contribution in [0.2, 0.25) is 0 Å². The van der Waals surface area contributed by atoms with Crippen LogP contribution in [-0.2, 0) is 11.2 Å². The van der Waals surface area contributed by atoms with Gasteiger partial charge in [0.2, 0.25) is 5.91 Å². The molecule has 2 heterocycles. The zero-order valence-electron chi connectivity index (χ0n) is 17.4. The Labute approximate surface area is 182 Å². The van der Waals surface area contributed by atoms with E-state index in [1.54, 1.807) is 11.3 Å². The molecule has 156 valence electrons. The van der Waals surface area contributed by atoms with Crippen LogP contribution < -0.4 is 15.5 Å². The molecule has 4 rings (SSSR count). The summed E-state index contributed by atoms with van der Waals surface area (Å²) in [4.78, 5) is 16.2. The first-order chi connectivity index (χ1) is 14.7. The Hall–Kier alpha value is -2.63. The molecule has 30 heavy (non-hydrogen) atoms. The SMILES string of the molecule is CCc1ccc([C@@H](NCC(=O)Nc2ccc(N3CCCC3)cc2)c2cccs2)cc1. The first-order valence-electron chi connectivity index (χ1n) is 10.7. The standard InChI is InChI=1S/C25H29N3OS/c1-2-19-7-9-20(10-8-19)25(23-6-5-17-30-23)26-18-24(29)27-21-11-13-22(14-12-21)28-15-3-4-16-28/h5-14,17,25-26H,2-4,15-16,18H2,1H3,(H,27,29)/t25-/m1/s1. The molecule has 0 bridgehead atoms. The summed E-state index contributed by atoms with van der Waals surface area (Å²) >= 11 is 1.71. The van der Waals surface area contributed by atoms with Crippen molar-refractivity contribution in [1.29, 1.82) is 0 Å². The highest BCUT2D eigenvalue weighted by Gasteiger charge is 2.17. The van der Waals surface area contributed by atoms with Crippen LogP contribution >= 0.6 is 11.3 Å². The molecule has 1 fully saturated rings. The molecule has 1 aliphatic rings. The second kappa shape index (κ2) is 9.92. The fraction of sp³-hybridized carbons (Fsp3) is 0.320. The normalized spacial score (nSPS) is 14.6. The second-order valence-corrected chi connectivity index (χ2v) is 8.69. The molecule has 0 radical (unpaired) electrons. The summed E-state index contributed by atoms with van der Waals surface area (Å²) in [5.41, 5.74) is 4.57. The number of anilines is 2. The van der Waals surface area contributed by atoms with Crippen molar-refractivity contribution in [3.63, 3.8) is 0 Å². The smallest absolute Gasteiger partial charge is 0.238 e. The predicted molar refractivity (Wildman–Crippen MR) is 127 cm³/mol. The second-order valence-electron chi connectivity index (χ2n) is 7.71. The topological polar surface area (TPSA) is 44.4 Å². The van der Waals surface area contributed by atoms with Crippen molar-refractivity contribution in [2.75, 3.05) is 29.9 Å². The van der Waals surface area contributed by atoms with Gasteiger partial charge in [0.1, 0.15) is 0 Å². The van der Waals surface area contributed by atoms with Crippen LogP contribution in [-0.4, -0.2) is 25.5 Å². The lowest BCUT2D eigenvalue weighted by molar-refractivity contribution is -0.115. The van der Waals surface area contributed by atoms with Gasteiger partial charge >= 0.3 is 0 Å². The van der Waals surface area contributed by atoms with Gasteiger partial charge in [0.05, 0.1) is 12.6 Å². The molecule has 0 spiro atoms. The van der Waals surface area contributed by atoms with Crippen LogP contribution in [0.4, 0.5) is 11.4 Å². The Bertz CT molecular complexity index is 930. The van der Waals surface area contributed by atoms with Crippen LogP contribution in [0.3, 0.4) is 0 Å². The van der Waals surface area contributed by atoms with E-state index in [1.807, 2.05) is 12.1 Å². The third-order valence-electron chi connectivity index (χ3n) is 5.64. The molecule has 1 saturated heterocycles. The van der Waals surface area contributed by atoms with Crippen molar-refractivity contribution in [2.24, 2.45) is 0 Å². The highest BCUT2D eigenvalue weighted by molar-refractivity contribution is 7.10. The summed E-state index contributed by atoms with van der Waals surface area (Å²) in [6, 6.07) is 21.0. The minimum atomic E-state index is -0.0318. The third-order valence-corrected chi connectivity index (χ3v) is 6.58. The van der Waals surface area contributed by atoms with Gasteiger partial charge in [-0.05, 0) is 66.1 Å². The fourth-order valence-electron chi connectivity index (χ4n) is 3.91. The van der Waals surface area contributed by atoms with E-state index in [0.717, 1.165) is 25.2 Å². The number of amides is 1. The molecule has 1 aliphatic heterocycles. The number of carbonyl (C=O) groups excluding carboxylic acids is 1. The maximum atomic E-state index is 12.6. The Morgan fingerprint density at radius 2 is 1.77 bits per heavy atom. The van der Waals surface area contributed by atoms with Gasteiger partial charge in [-0.25, -0.2) is 0 Å². The number of rotatable bonds is 8. The van der Waals surface area contributed by atoms with Gasteiger partial charge < -0.3 is 10.2 Å². The van der Waals surface area contributed by atoms with E-state index in [4.69, 9.17) is 0 Å². The number of carbonyl (C=O) groups is 1. The lowest BCUT2D eigenvalue weighted by Crippen LogP contribution is -2.31. The number of thiophene rings is 1. The van der Waals surface area contributed by atoms with Gasteiger partial charge in [-0.3, -0.25) is 10.1 Å². The minimum absolute atomic E-state index is 0.0131. The molecular formula is C25H29N3OS. The number of nitrogens with zero attached hydrogens (tertiary/aromatic N) is 1. The van der Waals surface area contributed by atoms with Crippen LogP contribution in [0.5, 0.6) is 0 Å². The number of aryl methyl sites for hydroxylation is 1. The van der Waals surface area contributed by atoms with Crippen LogP contribution in [0.25, 0.3) is 0 Å². The van der Waals surface area contributed by atoms with Crippen molar-refractivity contribution in [1.82, 2.24) is 5.32 Å². The highest BCUT2D eigenvalue weighted by Crippen LogP contribution is 2.26. The molecular weight excluding hydrogens is 390 g/mol. The monoisotopic (exact) mass is 419 g/mol. The summed E-state index contributed by atoms with van der Waals surface area (Å²) in [6.45, 7) is 4.66. The van der Waals surface area contributed by atoms with E-state index >= 15 is 0 Å². The minimum Gasteiger partial charge on any atom is -0.372 e. The van der Waals surface area contributed by atoms with Gasteiger partial charge in [0.15, 0.2) is 0 Å². The Morgan fingerprint density at radius 3 is 2.40 bits per heavy atom. The molecule has 2 aromatic carbocycles. The Morgan fingerprint density at radius 1 is 1.03 bits per heavy atom. The average molecular weight is 420 g/mol. The summed E-state index contributed by atoms with van der Waals surface area (Å²) in [7, 11) is 0. The summed E-state index contributed by atoms with van der Waals surface area (Å²) in [5, 5.41) is 8.53. The lowest BCUT2D eigenvalue weighted by atomic mass is 10.0. The zero-order chi connectivity index (χ0) is 20.8. The van der Waals surface area contributed by atoms with Crippen LogP contribution in [0, 0.1) is 0 Å². The fourth-order valence-corrected chi connectivity index (χ4v) is 4.74. The summed E-state index contributed by atoms with van der Waals surface area (Å²) < 4.78 is 0. The van der Waals surface area contributed by atoms with Crippen LogP contribution in [0.1, 0.15) is 41.8 Å². The van der Waals surface area contributed by atoms with Gasteiger partial charge in [0, 0.05) is 29.3 Å². The largest absolute Gasteiger partial charge is 0.372 e. The van der Waals surface area contributed by atoms with Crippen molar-refractivity contribution < 1.29 is 4.79 Å². The van der Waals surface area contributed by atoms with Gasteiger partial charge in [-0.1, -0.05) is 37.3 Å². The Kier molecular flexibility index (Phi) is 6.82. The zero-order valence-corrected chi connectivity index (χ0v) is 18.3. The lowest BCUT2D eigenvalue weighted by Gasteiger charge is -2.19. The van der Waals surface area contributed by atoms with E-state index in [2.05, 4.69) is 76.4 Å². The van der Waals surface area contributed by atoms with Gasteiger partial charge in [-0.15, -0.1) is 11.3 Å². The van der Waals surface area contributed by atoms with E-state index < -0.39 is 0 Å². The van der Waals surface area contributed by atoms with E-state index in [1.165, 1.54) is 34.5 Å². The molecule has 1 atom stereocenters. The highest BCUT2D eigenvalue weighted by atomic mass is 32.1. The molecule has 5 heteroatoms. The first-order valence-corrected chi connectivity index (χ1v) is 11.6. The number of hydrogen-bond acceptors (Lipinski definition) is 4. The van der Waals surface area contributed by atoms with Crippen molar-refractivity contribution in [3.8, 4) is 0 Å². The molecule has 3 aromatic rings. The molecule has 0 saturated carbocycles. The van der Waals surface area contributed by atoms with E-state index in [9.17, 15) is 4.79 Å². The Balaban J connectivity index is 1.37. The predicted octanol–water partition coefficient (Wildman–Crippen LogP) is 5.23. The van der Waals surface area contributed by atoms with Crippen molar-refractivity contribution in [2.45, 2.75) is 32.2 Å². The molecule has 2 N–H and O–H groups in total. The number of hydrogen-bond donors (Lipinski definition) is 2. The van der Waals surface area contributed by atoms with E-state index in [0.29, 0.717) is 0 Å². The van der Waals surface area contributed by atoms with E-state index in [-0.39, 0.29) is 18.5 Å². The maximum absolute atomic E-state index is 12.6. The first kappa shape index (κ1) is 20.6. The quantitative estimate of drug-likeness (QED) is 0.526. The number of nitrogens with one attached hydrogen (secondary N) is 2. The molecule has 1 aromatic heterocycles. The third kappa shape index (κ3) is 5.10. The molecule has 0 aliphatic carbocycles. The number of benzene rings is 2. The molecule has 1 amide bonds. The van der Waals surface area contributed by atoms with Crippen molar-refractivity contribution >= 4 is 28.6 Å².